The predicted molar refractivity (Wildman–Crippen MR) is 75.6 cm³/mol. The third kappa shape index (κ3) is 3.84. The van der Waals surface area contributed by atoms with E-state index in [1.165, 1.54) is 0 Å². The third-order valence-corrected chi connectivity index (χ3v) is 3.29. The molecule has 0 aliphatic heterocycles. The number of carbonyl (C=O) groups is 1. The second-order valence-corrected chi connectivity index (χ2v) is 4.89. The van der Waals surface area contributed by atoms with Crippen LogP contribution in [0.25, 0.3) is 0 Å². The van der Waals surface area contributed by atoms with Gasteiger partial charge < -0.3 is 10.6 Å². The van der Waals surface area contributed by atoms with Gasteiger partial charge in [0.15, 0.2) is 0 Å². The summed E-state index contributed by atoms with van der Waals surface area (Å²) in [6.45, 7) is 5.67. The third-order valence-electron chi connectivity index (χ3n) is 3.29. The molecule has 18 heavy (non-hydrogen) atoms. The van der Waals surface area contributed by atoms with Gasteiger partial charge in [-0.3, -0.25) is 4.79 Å². The zero-order chi connectivity index (χ0) is 13.5. The number of carbonyl (C=O) groups excluding carboxylic acids is 1. The van der Waals surface area contributed by atoms with E-state index in [0.717, 1.165) is 30.5 Å². The van der Waals surface area contributed by atoms with Crippen molar-refractivity contribution >= 4 is 5.91 Å². The minimum atomic E-state index is 0.0966. The highest BCUT2D eigenvalue weighted by atomic mass is 16.2. The zero-order valence-corrected chi connectivity index (χ0v) is 11.6. The van der Waals surface area contributed by atoms with Crippen molar-refractivity contribution in [3.8, 4) is 0 Å². The topological polar surface area (TPSA) is 46.3 Å². The monoisotopic (exact) mass is 248 g/mol. The first-order valence-electron chi connectivity index (χ1n) is 6.63. The molecule has 100 valence electrons. The normalized spacial score (nSPS) is 12.2. The largest absolute Gasteiger partial charge is 0.341 e. The number of nitrogens with two attached hydrogens (primary N) is 1. The van der Waals surface area contributed by atoms with Gasteiger partial charge in [-0.25, -0.2) is 0 Å². The van der Waals surface area contributed by atoms with Gasteiger partial charge in [-0.05, 0) is 30.5 Å². The summed E-state index contributed by atoms with van der Waals surface area (Å²) in [7, 11) is 1.87. The van der Waals surface area contributed by atoms with Gasteiger partial charge in [0.05, 0.1) is 0 Å². The molecule has 1 unspecified atom stereocenters. The molecule has 0 aromatic heterocycles. The summed E-state index contributed by atoms with van der Waals surface area (Å²) in [6.07, 6.45) is 1.83. The Hall–Kier alpha value is -1.35. The highest BCUT2D eigenvalue weighted by molar-refractivity contribution is 5.95. The van der Waals surface area contributed by atoms with Crippen LogP contribution in [0.1, 0.15) is 36.2 Å². The van der Waals surface area contributed by atoms with Gasteiger partial charge in [-0.1, -0.05) is 38.5 Å². The van der Waals surface area contributed by atoms with Gasteiger partial charge in [-0.15, -0.1) is 0 Å². The molecule has 0 saturated carbocycles. The van der Waals surface area contributed by atoms with E-state index in [1.54, 1.807) is 0 Å². The lowest BCUT2D eigenvalue weighted by molar-refractivity contribution is 0.0774. The van der Waals surface area contributed by atoms with Gasteiger partial charge in [0.25, 0.3) is 5.91 Å². The van der Waals surface area contributed by atoms with Gasteiger partial charge in [0.1, 0.15) is 0 Å². The second-order valence-electron chi connectivity index (χ2n) is 4.89. The summed E-state index contributed by atoms with van der Waals surface area (Å²) in [5, 5.41) is 0. The Bertz CT molecular complexity index is 390. The maximum Gasteiger partial charge on any atom is 0.253 e. The van der Waals surface area contributed by atoms with Gasteiger partial charge >= 0.3 is 0 Å². The van der Waals surface area contributed by atoms with Crippen LogP contribution in [-0.2, 0) is 6.42 Å². The van der Waals surface area contributed by atoms with Crippen LogP contribution in [0, 0.1) is 5.92 Å². The van der Waals surface area contributed by atoms with Crippen molar-refractivity contribution in [2.75, 3.05) is 20.1 Å². The van der Waals surface area contributed by atoms with Crippen LogP contribution in [-0.4, -0.2) is 30.9 Å². The number of nitrogens with zero attached hydrogens (tertiary/aromatic N) is 1. The molecule has 0 spiro atoms. The second kappa shape index (κ2) is 7.17. The molecule has 1 amide bonds. The summed E-state index contributed by atoms with van der Waals surface area (Å²) in [5.74, 6) is 0.625. The van der Waals surface area contributed by atoms with E-state index in [9.17, 15) is 4.79 Å². The molecule has 3 nitrogen and oxygen atoms in total. The SMILES string of the molecule is CCC(C)CN(C)C(=O)c1ccccc1CCN. The van der Waals surface area contributed by atoms with Crippen LogP contribution < -0.4 is 5.73 Å². The Kier molecular flexibility index (Phi) is 5.86. The van der Waals surface area contributed by atoms with E-state index in [-0.39, 0.29) is 5.91 Å². The smallest absolute Gasteiger partial charge is 0.253 e. The average molecular weight is 248 g/mol. The van der Waals surface area contributed by atoms with E-state index in [1.807, 2.05) is 36.2 Å². The van der Waals surface area contributed by atoms with E-state index in [2.05, 4.69) is 13.8 Å². The molecule has 0 aliphatic rings. The van der Waals surface area contributed by atoms with Crippen LogP contribution in [0.4, 0.5) is 0 Å². The van der Waals surface area contributed by atoms with Gasteiger partial charge in [0.2, 0.25) is 0 Å². The fourth-order valence-electron chi connectivity index (χ4n) is 1.99. The van der Waals surface area contributed by atoms with E-state index >= 15 is 0 Å². The van der Waals surface area contributed by atoms with Crippen molar-refractivity contribution in [1.29, 1.82) is 0 Å². The summed E-state index contributed by atoms with van der Waals surface area (Å²) in [5.41, 5.74) is 7.41. The van der Waals surface area contributed by atoms with Crippen LogP contribution in [0.2, 0.25) is 0 Å². The number of benzene rings is 1. The maximum absolute atomic E-state index is 12.4. The van der Waals surface area contributed by atoms with Crippen molar-refractivity contribution in [2.45, 2.75) is 26.7 Å². The van der Waals surface area contributed by atoms with Crippen LogP contribution in [0.3, 0.4) is 0 Å². The lowest BCUT2D eigenvalue weighted by atomic mass is 10.0. The van der Waals surface area contributed by atoms with Crippen LogP contribution >= 0.6 is 0 Å². The minimum absolute atomic E-state index is 0.0966. The number of rotatable bonds is 6. The fraction of sp³-hybridized carbons (Fsp3) is 0.533. The van der Waals surface area contributed by atoms with Gasteiger partial charge in [-0.2, -0.15) is 0 Å². The molecular weight excluding hydrogens is 224 g/mol. The number of hydrogen-bond acceptors (Lipinski definition) is 2. The van der Waals surface area contributed by atoms with Crippen molar-refractivity contribution in [3.05, 3.63) is 35.4 Å². The Balaban J connectivity index is 2.82. The van der Waals surface area contributed by atoms with Crippen molar-refractivity contribution in [2.24, 2.45) is 11.7 Å². The Morgan fingerprint density at radius 3 is 2.67 bits per heavy atom. The lowest BCUT2D eigenvalue weighted by Crippen LogP contribution is -2.31. The molecule has 0 fully saturated rings. The van der Waals surface area contributed by atoms with Crippen LogP contribution in [0.15, 0.2) is 24.3 Å². The molecule has 2 N–H and O–H groups in total. The molecule has 1 aromatic rings. The molecule has 1 atom stereocenters. The first-order chi connectivity index (χ1) is 8.60. The molecule has 1 rings (SSSR count). The summed E-state index contributed by atoms with van der Waals surface area (Å²) in [4.78, 5) is 14.2. The summed E-state index contributed by atoms with van der Waals surface area (Å²) < 4.78 is 0. The summed E-state index contributed by atoms with van der Waals surface area (Å²) in [6, 6.07) is 7.73. The number of amides is 1. The molecule has 3 heteroatoms. The Morgan fingerprint density at radius 1 is 1.39 bits per heavy atom. The highest BCUT2D eigenvalue weighted by Gasteiger charge is 2.16. The quantitative estimate of drug-likeness (QED) is 0.839. The standard InChI is InChI=1S/C15H24N2O/c1-4-12(2)11-17(3)15(18)14-8-6-5-7-13(14)9-10-16/h5-8,12H,4,9-11,16H2,1-3H3. The first kappa shape index (κ1) is 14.7. The first-order valence-corrected chi connectivity index (χ1v) is 6.63. The van der Waals surface area contributed by atoms with Crippen molar-refractivity contribution in [3.63, 3.8) is 0 Å². The molecule has 1 aromatic carbocycles. The average Bonchev–Trinajstić information content (AvgIpc) is 2.38. The van der Waals surface area contributed by atoms with Crippen molar-refractivity contribution < 1.29 is 4.79 Å². The van der Waals surface area contributed by atoms with Gasteiger partial charge in [0, 0.05) is 19.2 Å². The minimum Gasteiger partial charge on any atom is -0.341 e. The molecule has 0 saturated heterocycles. The van der Waals surface area contributed by atoms with Crippen LogP contribution in [0.5, 0.6) is 0 Å². The molecule has 0 bridgehead atoms. The maximum atomic E-state index is 12.4. The number of hydrogen-bond donors (Lipinski definition) is 1. The lowest BCUT2D eigenvalue weighted by Gasteiger charge is -2.22. The Morgan fingerprint density at radius 2 is 2.06 bits per heavy atom. The molecule has 0 aliphatic carbocycles. The van der Waals surface area contributed by atoms with E-state index in [4.69, 9.17) is 5.73 Å². The van der Waals surface area contributed by atoms with Crippen molar-refractivity contribution in [1.82, 2.24) is 4.90 Å². The molecular formula is C15H24N2O. The predicted octanol–water partition coefficient (Wildman–Crippen LogP) is 2.31. The fourth-order valence-corrected chi connectivity index (χ4v) is 1.99. The molecule has 0 heterocycles. The van der Waals surface area contributed by atoms with E-state index in [0.29, 0.717) is 12.5 Å². The highest BCUT2D eigenvalue weighted by Crippen LogP contribution is 2.13. The van der Waals surface area contributed by atoms with E-state index < -0.39 is 0 Å². The molecule has 0 radical (unpaired) electrons. The summed E-state index contributed by atoms with van der Waals surface area (Å²) >= 11 is 0. The Labute approximate surface area is 110 Å². The zero-order valence-electron chi connectivity index (χ0n) is 11.6.